The number of piperidine rings is 1. The molecule has 0 saturated carbocycles. The zero-order chi connectivity index (χ0) is 13.5. The van der Waals surface area contributed by atoms with Crippen molar-refractivity contribution in [3.05, 3.63) is 11.7 Å². The Labute approximate surface area is 112 Å². The molecule has 0 radical (unpaired) electrons. The first kappa shape index (κ1) is 13.1. The quantitative estimate of drug-likeness (QED) is 0.873. The van der Waals surface area contributed by atoms with Crippen molar-refractivity contribution in [2.45, 2.75) is 38.1 Å². The summed E-state index contributed by atoms with van der Waals surface area (Å²) >= 11 is 0. The van der Waals surface area contributed by atoms with E-state index in [1.807, 2.05) is 0 Å². The van der Waals surface area contributed by atoms with Gasteiger partial charge in [0.05, 0.1) is 17.5 Å². The monoisotopic (exact) mass is 285 g/mol. The average Bonchev–Trinajstić information content (AvgIpc) is 2.95. The molecule has 19 heavy (non-hydrogen) atoms. The Kier molecular flexibility index (Phi) is 3.34. The number of nitrogens with one attached hydrogen (secondary N) is 1. The van der Waals surface area contributed by atoms with Crippen molar-refractivity contribution in [2.75, 3.05) is 18.1 Å². The molecule has 0 spiro atoms. The van der Waals surface area contributed by atoms with Gasteiger partial charge in [0.2, 0.25) is 5.89 Å². The van der Waals surface area contributed by atoms with Crippen LogP contribution in [0.25, 0.3) is 0 Å². The molecular formula is C12H19N3O3S. The lowest BCUT2D eigenvalue weighted by Crippen LogP contribution is -2.31. The summed E-state index contributed by atoms with van der Waals surface area (Å²) in [7, 11) is -2.91. The van der Waals surface area contributed by atoms with E-state index in [2.05, 4.69) is 22.4 Å². The van der Waals surface area contributed by atoms with Crippen LogP contribution in [0.15, 0.2) is 4.52 Å². The van der Waals surface area contributed by atoms with Gasteiger partial charge in [-0.15, -0.1) is 0 Å². The minimum absolute atomic E-state index is 0.0940. The second-order valence-electron chi connectivity index (χ2n) is 5.73. The molecule has 1 aromatic rings. The lowest BCUT2D eigenvalue weighted by atomic mass is 9.94. The van der Waals surface area contributed by atoms with Crippen LogP contribution < -0.4 is 5.32 Å². The van der Waals surface area contributed by atoms with Crippen molar-refractivity contribution in [3.8, 4) is 0 Å². The van der Waals surface area contributed by atoms with E-state index in [4.69, 9.17) is 4.52 Å². The molecule has 0 aliphatic carbocycles. The Hall–Kier alpha value is -0.950. The van der Waals surface area contributed by atoms with Crippen LogP contribution in [0.1, 0.15) is 49.9 Å². The normalized spacial score (nSPS) is 34.5. The van der Waals surface area contributed by atoms with Gasteiger partial charge in [0.25, 0.3) is 0 Å². The Morgan fingerprint density at radius 2 is 2.21 bits per heavy atom. The van der Waals surface area contributed by atoms with Crippen LogP contribution in [0, 0.1) is 5.92 Å². The maximum Gasteiger partial charge on any atom is 0.243 e. The SMILES string of the molecule is CC1CCNC(c2nc(C3CCS(=O)(=O)C3)no2)C1. The Bertz CT molecular complexity index is 554. The number of hydrogen-bond acceptors (Lipinski definition) is 6. The van der Waals surface area contributed by atoms with Crippen molar-refractivity contribution in [1.29, 1.82) is 0 Å². The van der Waals surface area contributed by atoms with Crippen LogP contribution in [0.4, 0.5) is 0 Å². The average molecular weight is 285 g/mol. The Morgan fingerprint density at radius 3 is 2.89 bits per heavy atom. The third kappa shape index (κ3) is 2.81. The minimum atomic E-state index is -2.91. The Morgan fingerprint density at radius 1 is 1.37 bits per heavy atom. The first-order valence-electron chi connectivity index (χ1n) is 6.81. The lowest BCUT2D eigenvalue weighted by molar-refractivity contribution is 0.259. The van der Waals surface area contributed by atoms with Gasteiger partial charge < -0.3 is 9.84 Å². The molecule has 3 atom stereocenters. The molecule has 6 nitrogen and oxygen atoms in total. The van der Waals surface area contributed by atoms with Gasteiger partial charge in [0.1, 0.15) is 0 Å². The summed E-state index contributed by atoms with van der Waals surface area (Å²) in [4.78, 5) is 4.41. The van der Waals surface area contributed by atoms with Gasteiger partial charge in [-0.05, 0) is 31.7 Å². The molecule has 1 N–H and O–H groups in total. The summed E-state index contributed by atoms with van der Waals surface area (Å²) in [6, 6.07) is 0.114. The smallest absolute Gasteiger partial charge is 0.243 e. The van der Waals surface area contributed by atoms with E-state index in [0.717, 1.165) is 13.0 Å². The van der Waals surface area contributed by atoms with E-state index in [-0.39, 0.29) is 23.5 Å². The summed E-state index contributed by atoms with van der Waals surface area (Å²) < 4.78 is 28.2. The highest BCUT2D eigenvalue weighted by Gasteiger charge is 2.33. The predicted molar refractivity (Wildman–Crippen MR) is 69.5 cm³/mol. The predicted octanol–water partition coefficient (Wildman–Crippen LogP) is 1.03. The van der Waals surface area contributed by atoms with E-state index < -0.39 is 9.84 Å². The highest BCUT2D eigenvalue weighted by atomic mass is 32.2. The second-order valence-corrected chi connectivity index (χ2v) is 7.96. The highest BCUT2D eigenvalue weighted by molar-refractivity contribution is 7.91. The fourth-order valence-electron chi connectivity index (χ4n) is 2.85. The molecule has 3 rings (SSSR count). The molecule has 0 amide bonds. The largest absolute Gasteiger partial charge is 0.338 e. The number of sulfone groups is 1. The summed E-state index contributed by atoms with van der Waals surface area (Å²) in [5, 5.41) is 7.34. The molecule has 0 aromatic carbocycles. The number of nitrogens with zero attached hydrogens (tertiary/aromatic N) is 2. The molecule has 2 aliphatic rings. The van der Waals surface area contributed by atoms with E-state index in [0.29, 0.717) is 24.1 Å². The number of rotatable bonds is 2. The first-order valence-corrected chi connectivity index (χ1v) is 8.63. The van der Waals surface area contributed by atoms with Crippen molar-refractivity contribution in [1.82, 2.24) is 15.5 Å². The van der Waals surface area contributed by atoms with Gasteiger partial charge in [-0.1, -0.05) is 12.1 Å². The molecule has 2 fully saturated rings. The van der Waals surface area contributed by atoms with Crippen LogP contribution in [-0.2, 0) is 9.84 Å². The molecule has 106 valence electrons. The van der Waals surface area contributed by atoms with E-state index in [1.165, 1.54) is 6.42 Å². The molecule has 3 unspecified atom stereocenters. The van der Waals surface area contributed by atoms with E-state index in [1.54, 1.807) is 0 Å². The summed E-state index contributed by atoms with van der Waals surface area (Å²) in [6.07, 6.45) is 2.76. The second kappa shape index (κ2) is 4.86. The van der Waals surface area contributed by atoms with Crippen molar-refractivity contribution in [3.63, 3.8) is 0 Å². The van der Waals surface area contributed by atoms with Gasteiger partial charge >= 0.3 is 0 Å². The highest BCUT2D eigenvalue weighted by Crippen LogP contribution is 2.30. The first-order chi connectivity index (χ1) is 9.03. The lowest BCUT2D eigenvalue weighted by Gasteiger charge is -2.25. The van der Waals surface area contributed by atoms with E-state index >= 15 is 0 Å². The zero-order valence-electron chi connectivity index (χ0n) is 11.0. The van der Waals surface area contributed by atoms with Crippen molar-refractivity contribution >= 4 is 9.84 Å². The third-order valence-corrected chi connectivity index (χ3v) is 5.79. The van der Waals surface area contributed by atoms with Gasteiger partial charge in [-0.2, -0.15) is 4.98 Å². The van der Waals surface area contributed by atoms with Gasteiger partial charge in [-0.25, -0.2) is 8.42 Å². The topological polar surface area (TPSA) is 85.1 Å². The zero-order valence-corrected chi connectivity index (χ0v) is 11.8. The molecule has 0 bridgehead atoms. The molecule has 1 aromatic heterocycles. The van der Waals surface area contributed by atoms with Crippen molar-refractivity contribution < 1.29 is 12.9 Å². The molecular weight excluding hydrogens is 266 g/mol. The molecule has 2 saturated heterocycles. The third-order valence-electron chi connectivity index (χ3n) is 4.02. The van der Waals surface area contributed by atoms with Crippen LogP contribution >= 0.6 is 0 Å². The minimum Gasteiger partial charge on any atom is -0.338 e. The maximum absolute atomic E-state index is 11.5. The number of aromatic nitrogens is 2. The van der Waals surface area contributed by atoms with Crippen LogP contribution in [0.5, 0.6) is 0 Å². The summed E-state index contributed by atoms with van der Waals surface area (Å²) in [6.45, 7) is 3.18. The standard InChI is InChI=1S/C12H19N3O3S/c1-8-2-4-13-10(6-8)12-14-11(15-18-12)9-3-5-19(16,17)7-9/h8-10,13H,2-7H2,1H3. The Balaban J connectivity index is 1.73. The molecule has 7 heteroatoms. The van der Waals surface area contributed by atoms with Crippen LogP contribution in [-0.4, -0.2) is 36.6 Å². The fourth-order valence-corrected chi connectivity index (χ4v) is 4.59. The van der Waals surface area contributed by atoms with Gasteiger partial charge in [0.15, 0.2) is 15.7 Å². The maximum atomic E-state index is 11.5. The summed E-state index contributed by atoms with van der Waals surface area (Å²) in [5.74, 6) is 2.10. The molecule has 3 heterocycles. The summed E-state index contributed by atoms with van der Waals surface area (Å²) in [5.41, 5.74) is 0. The van der Waals surface area contributed by atoms with E-state index in [9.17, 15) is 8.42 Å². The van der Waals surface area contributed by atoms with Gasteiger partial charge in [0, 0.05) is 5.92 Å². The molecule has 2 aliphatic heterocycles. The number of hydrogen-bond donors (Lipinski definition) is 1. The van der Waals surface area contributed by atoms with Crippen LogP contribution in [0.3, 0.4) is 0 Å². The van der Waals surface area contributed by atoms with Gasteiger partial charge in [-0.3, -0.25) is 0 Å². The van der Waals surface area contributed by atoms with Crippen LogP contribution in [0.2, 0.25) is 0 Å². The van der Waals surface area contributed by atoms with Crippen molar-refractivity contribution in [2.24, 2.45) is 5.92 Å². The fraction of sp³-hybridized carbons (Fsp3) is 0.833.